The van der Waals surface area contributed by atoms with Gasteiger partial charge in [0.25, 0.3) is 0 Å². The van der Waals surface area contributed by atoms with E-state index in [9.17, 15) is 5.11 Å². The number of aliphatic hydroxyl groups is 1. The molecule has 1 unspecified atom stereocenters. The molecule has 0 aromatic carbocycles. The Morgan fingerprint density at radius 2 is 2.00 bits per heavy atom. The van der Waals surface area contributed by atoms with Crippen molar-refractivity contribution in [1.29, 1.82) is 5.26 Å². The molecule has 1 aliphatic carbocycles. The largest absolute Gasteiger partial charge is 0.393 e. The highest BCUT2D eigenvalue weighted by atomic mass is 16.3. The fraction of sp³-hybridized carbons (Fsp3) is 0.900. The van der Waals surface area contributed by atoms with Gasteiger partial charge in [-0.3, -0.25) is 0 Å². The summed E-state index contributed by atoms with van der Waals surface area (Å²) in [6.07, 6.45) is 5.85. The van der Waals surface area contributed by atoms with Crippen LogP contribution in [0.15, 0.2) is 0 Å². The summed E-state index contributed by atoms with van der Waals surface area (Å²) in [6.45, 7) is 1.77. The molecule has 1 rings (SSSR count). The second-order valence-corrected chi connectivity index (χ2v) is 4.01. The Kier molecular flexibility index (Phi) is 3.11. The molecule has 1 aliphatic rings. The van der Waals surface area contributed by atoms with Crippen LogP contribution < -0.4 is 0 Å². The maximum atomic E-state index is 9.25. The third kappa shape index (κ3) is 2.22. The standard InChI is InChI=1S/C10H17NO/c1-9(12)7-10(8-11)5-3-2-4-6-10/h9,12H,2-7H2,1H3. The van der Waals surface area contributed by atoms with E-state index in [0.29, 0.717) is 6.42 Å². The average Bonchev–Trinajstić information content (AvgIpc) is 2.05. The van der Waals surface area contributed by atoms with Crippen LogP contribution in [0.3, 0.4) is 0 Å². The molecule has 0 spiro atoms. The van der Waals surface area contributed by atoms with Crippen molar-refractivity contribution in [3.8, 4) is 6.07 Å². The molecule has 1 saturated carbocycles. The molecule has 0 aliphatic heterocycles. The van der Waals surface area contributed by atoms with E-state index in [-0.39, 0.29) is 11.5 Å². The zero-order valence-electron chi connectivity index (χ0n) is 7.71. The summed E-state index contributed by atoms with van der Waals surface area (Å²) < 4.78 is 0. The highest BCUT2D eigenvalue weighted by Gasteiger charge is 2.32. The first-order valence-electron chi connectivity index (χ1n) is 4.78. The topological polar surface area (TPSA) is 44.0 Å². The molecule has 68 valence electrons. The third-order valence-electron chi connectivity index (χ3n) is 2.73. The van der Waals surface area contributed by atoms with Crippen LogP contribution in [0, 0.1) is 16.7 Å². The van der Waals surface area contributed by atoms with Crippen molar-refractivity contribution in [3.63, 3.8) is 0 Å². The Hall–Kier alpha value is -0.550. The minimum absolute atomic E-state index is 0.202. The van der Waals surface area contributed by atoms with Crippen LogP contribution in [-0.4, -0.2) is 11.2 Å². The van der Waals surface area contributed by atoms with Gasteiger partial charge >= 0.3 is 0 Å². The van der Waals surface area contributed by atoms with Crippen molar-refractivity contribution in [2.24, 2.45) is 5.41 Å². The van der Waals surface area contributed by atoms with Gasteiger partial charge in [0, 0.05) is 0 Å². The van der Waals surface area contributed by atoms with Crippen LogP contribution in [0.4, 0.5) is 0 Å². The zero-order chi connectivity index (χ0) is 9.03. The van der Waals surface area contributed by atoms with Gasteiger partial charge in [-0.25, -0.2) is 0 Å². The molecule has 0 aromatic heterocycles. The van der Waals surface area contributed by atoms with Crippen molar-refractivity contribution < 1.29 is 5.11 Å². The molecule has 1 N–H and O–H groups in total. The smallest absolute Gasteiger partial charge is 0.0690 e. The zero-order valence-corrected chi connectivity index (χ0v) is 7.71. The van der Waals surface area contributed by atoms with Gasteiger partial charge < -0.3 is 5.11 Å². The molecule has 2 nitrogen and oxygen atoms in total. The lowest BCUT2D eigenvalue weighted by atomic mass is 9.72. The summed E-state index contributed by atoms with van der Waals surface area (Å²) in [4.78, 5) is 0. The normalized spacial score (nSPS) is 24.4. The molecule has 0 saturated heterocycles. The number of hydrogen-bond acceptors (Lipinski definition) is 2. The third-order valence-corrected chi connectivity index (χ3v) is 2.73. The predicted molar refractivity (Wildman–Crippen MR) is 47.4 cm³/mol. The van der Waals surface area contributed by atoms with Crippen molar-refractivity contribution in [3.05, 3.63) is 0 Å². The summed E-state index contributed by atoms with van der Waals surface area (Å²) in [5, 5.41) is 18.3. The lowest BCUT2D eigenvalue weighted by molar-refractivity contribution is 0.115. The Balaban J connectivity index is 2.55. The molecule has 1 atom stereocenters. The summed E-state index contributed by atoms with van der Waals surface area (Å²) in [6, 6.07) is 2.39. The van der Waals surface area contributed by atoms with Crippen LogP contribution in [-0.2, 0) is 0 Å². The van der Waals surface area contributed by atoms with Crippen LogP contribution in [0.5, 0.6) is 0 Å². The van der Waals surface area contributed by atoms with Crippen molar-refractivity contribution >= 4 is 0 Å². The minimum Gasteiger partial charge on any atom is -0.393 e. The molecule has 2 heteroatoms. The van der Waals surface area contributed by atoms with Crippen LogP contribution >= 0.6 is 0 Å². The molecular weight excluding hydrogens is 150 g/mol. The number of nitrogens with zero attached hydrogens (tertiary/aromatic N) is 1. The summed E-state index contributed by atoms with van der Waals surface area (Å²) in [5.74, 6) is 0. The van der Waals surface area contributed by atoms with Gasteiger partial charge in [0.1, 0.15) is 0 Å². The first kappa shape index (κ1) is 9.54. The SMILES string of the molecule is CC(O)CC1(C#N)CCCCC1. The fourth-order valence-corrected chi connectivity index (χ4v) is 2.16. The monoisotopic (exact) mass is 167 g/mol. The molecular formula is C10H17NO. The molecule has 0 bridgehead atoms. The Bertz CT molecular complexity index is 175. The molecule has 12 heavy (non-hydrogen) atoms. The van der Waals surface area contributed by atoms with Crippen LogP contribution in [0.25, 0.3) is 0 Å². The summed E-state index contributed by atoms with van der Waals surface area (Å²) in [7, 11) is 0. The van der Waals surface area contributed by atoms with Gasteiger partial charge in [0.15, 0.2) is 0 Å². The van der Waals surface area contributed by atoms with Crippen molar-refractivity contribution in [2.75, 3.05) is 0 Å². The summed E-state index contributed by atoms with van der Waals surface area (Å²) in [5.41, 5.74) is -0.202. The van der Waals surface area contributed by atoms with Crippen molar-refractivity contribution in [1.82, 2.24) is 0 Å². The number of rotatable bonds is 2. The van der Waals surface area contributed by atoms with E-state index in [1.807, 2.05) is 0 Å². The van der Waals surface area contributed by atoms with Gasteiger partial charge in [-0.2, -0.15) is 5.26 Å². The van der Waals surface area contributed by atoms with Crippen LogP contribution in [0.1, 0.15) is 45.4 Å². The first-order chi connectivity index (χ1) is 5.68. The van der Waals surface area contributed by atoms with Crippen molar-refractivity contribution in [2.45, 2.75) is 51.6 Å². The van der Waals surface area contributed by atoms with Gasteiger partial charge in [-0.15, -0.1) is 0 Å². The lowest BCUT2D eigenvalue weighted by Gasteiger charge is -2.31. The number of aliphatic hydroxyl groups excluding tert-OH is 1. The van der Waals surface area contributed by atoms with E-state index < -0.39 is 0 Å². The number of nitriles is 1. The minimum atomic E-state index is -0.331. The first-order valence-corrected chi connectivity index (χ1v) is 4.78. The average molecular weight is 167 g/mol. The predicted octanol–water partition coefficient (Wildman–Crippen LogP) is 2.23. The summed E-state index contributed by atoms with van der Waals surface area (Å²) >= 11 is 0. The lowest BCUT2D eigenvalue weighted by Crippen LogP contribution is -2.26. The molecule has 0 amide bonds. The van der Waals surface area contributed by atoms with E-state index in [0.717, 1.165) is 25.7 Å². The van der Waals surface area contributed by atoms with E-state index in [1.165, 1.54) is 6.42 Å². The van der Waals surface area contributed by atoms with E-state index in [1.54, 1.807) is 6.92 Å². The maximum Gasteiger partial charge on any atom is 0.0690 e. The Morgan fingerprint density at radius 3 is 2.42 bits per heavy atom. The molecule has 1 fully saturated rings. The van der Waals surface area contributed by atoms with E-state index >= 15 is 0 Å². The highest BCUT2D eigenvalue weighted by molar-refractivity contribution is 5.01. The van der Waals surface area contributed by atoms with Gasteiger partial charge in [-0.05, 0) is 26.2 Å². The van der Waals surface area contributed by atoms with Gasteiger partial charge in [0.05, 0.1) is 17.6 Å². The quantitative estimate of drug-likeness (QED) is 0.685. The second kappa shape index (κ2) is 3.91. The molecule has 0 radical (unpaired) electrons. The highest BCUT2D eigenvalue weighted by Crippen LogP contribution is 2.39. The fourth-order valence-electron chi connectivity index (χ4n) is 2.16. The van der Waals surface area contributed by atoms with Gasteiger partial charge in [-0.1, -0.05) is 19.3 Å². The Labute approximate surface area is 74.2 Å². The Morgan fingerprint density at radius 1 is 1.42 bits per heavy atom. The van der Waals surface area contributed by atoms with E-state index in [4.69, 9.17) is 5.26 Å². The molecule has 0 aromatic rings. The van der Waals surface area contributed by atoms with Gasteiger partial charge in [0.2, 0.25) is 0 Å². The molecule has 0 heterocycles. The van der Waals surface area contributed by atoms with Crippen LogP contribution in [0.2, 0.25) is 0 Å². The number of hydrogen-bond donors (Lipinski definition) is 1. The van der Waals surface area contributed by atoms with E-state index in [2.05, 4.69) is 6.07 Å². The maximum absolute atomic E-state index is 9.25. The second-order valence-electron chi connectivity index (χ2n) is 4.01.